The minimum absolute atomic E-state index is 0.0197. The number of hydrogen-bond acceptors (Lipinski definition) is 5. The number of carbonyl (C=O) groups is 1. The van der Waals surface area contributed by atoms with Crippen LogP contribution in [0.15, 0.2) is 29.2 Å². The summed E-state index contributed by atoms with van der Waals surface area (Å²) in [6.07, 6.45) is 8.79. The molecule has 0 bridgehead atoms. The molecule has 1 unspecified atom stereocenters. The molecule has 1 aliphatic carbocycles. The maximum absolute atomic E-state index is 13.1. The Morgan fingerprint density at radius 1 is 0.969 bits per heavy atom. The van der Waals surface area contributed by atoms with Crippen molar-refractivity contribution in [2.24, 2.45) is 0 Å². The van der Waals surface area contributed by atoms with Crippen LogP contribution in [-0.4, -0.2) is 75.6 Å². The Kier molecular flexibility index (Phi) is 8.21. The second-order valence-electron chi connectivity index (χ2n) is 9.15. The molecule has 0 spiro atoms. The number of hydrogen-bond donors (Lipinski definition) is 0. The Hall–Kier alpha value is -1.48. The van der Waals surface area contributed by atoms with Gasteiger partial charge in [-0.2, -0.15) is 4.31 Å². The van der Waals surface area contributed by atoms with Gasteiger partial charge in [0.15, 0.2) is 0 Å². The van der Waals surface area contributed by atoms with Crippen LogP contribution in [0.2, 0.25) is 0 Å². The number of amides is 1. The molecule has 1 aromatic carbocycles. The fourth-order valence-corrected chi connectivity index (χ4v) is 6.41. The van der Waals surface area contributed by atoms with Crippen LogP contribution >= 0.6 is 0 Å². The standard InChI is InChI=1S/C24H36N2O5S/c27-24(12-18-30-19-22-7-4-17-31-22)25-13-15-26(16-14-25)32(28,29)23-10-8-21(9-11-23)20-5-2-1-3-6-20/h8-11,20,22H,1-7,12-19H2. The van der Waals surface area contributed by atoms with Gasteiger partial charge in [0, 0.05) is 32.8 Å². The summed E-state index contributed by atoms with van der Waals surface area (Å²) in [5, 5.41) is 0. The van der Waals surface area contributed by atoms with Crippen molar-refractivity contribution < 1.29 is 22.7 Å². The predicted molar refractivity (Wildman–Crippen MR) is 122 cm³/mol. The summed E-state index contributed by atoms with van der Waals surface area (Å²) >= 11 is 0. The number of nitrogens with zero attached hydrogens (tertiary/aromatic N) is 2. The van der Waals surface area contributed by atoms with E-state index in [9.17, 15) is 13.2 Å². The molecular weight excluding hydrogens is 428 g/mol. The maximum Gasteiger partial charge on any atom is 0.243 e. The third kappa shape index (κ3) is 5.90. The van der Waals surface area contributed by atoms with Crippen LogP contribution in [0.1, 0.15) is 62.8 Å². The Morgan fingerprint density at radius 2 is 1.69 bits per heavy atom. The number of carbonyl (C=O) groups excluding carboxylic acids is 1. The zero-order valence-electron chi connectivity index (χ0n) is 18.9. The van der Waals surface area contributed by atoms with Gasteiger partial charge < -0.3 is 14.4 Å². The second-order valence-corrected chi connectivity index (χ2v) is 11.1. The van der Waals surface area contributed by atoms with Gasteiger partial charge in [0.2, 0.25) is 15.9 Å². The molecule has 7 nitrogen and oxygen atoms in total. The Bertz CT molecular complexity index is 838. The number of ether oxygens (including phenoxy) is 2. The van der Waals surface area contributed by atoms with Crippen LogP contribution in [-0.2, 0) is 24.3 Å². The zero-order chi connectivity index (χ0) is 22.4. The topological polar surface area (TPSA) is 76.2 Å². The first-order chi connectivity index (χ1) is 15.5. The SMILES string of the molecule is O=C(CCOCC1CCCO1)N1CCN(S(=O)(=O)c2ccc(C3CCCCC3)cc2)CC1. The summed E-state index contributed by atoms with van der Waals surface area (Å²) < 4.78 is 38.8. The van der Waals surface area contributed by atoms with Crippen LogP contribution in [0.5, 0.6) is 0 Å². The average Bonchev–Trinajstić information content (AvgIpc) is 3.36. The Morgan fingerprint density at radius 3 is 2.34 bits per heavy atom. The van der Waals surface area contributed by atoms with Gasteiger partial charge in [-0.05, 0) is 49.3 Å². The highest BCUT2D eigenvalue weighted by atomic mass is 32.2. The third-order valence-corrected chi connectivity index (χ3v) is 8.89. The predicted octanol–water partition coefficient (Wildman–Crippen LogP) is 3.15. The lowest BCUT2D eigenvalue weighted by molar-refractivity contribution is -0.133. The molecule has 178 valence electrons. The largest absolute Gasteiger partial charge is 0.378 e. The molecule has 0 N–H and O–H groups in total. The molecule has 32 heavy (non-hydrogen) atoms. The zero-order valence-corrected chi connectivity index (χ0v) is 19.7. The van der Waals surface area contributed by atoms with E-state index in [4.69, 9.17) is 9.47 Å². The van der Waals surface area contributed by atoms with Crippen LogP contribution in [0, 0.1) is 0 Å². The van der Waals surface area contributed by atoms with Gasteiger partial charge >= 0.3 is 0 Å². The maximum atomic E-state index is 13.1. The number of rotatable bonds is 8. The van der Waals surface area contributed by atoms with Gasteiger partial charge in [0.05, 0.1) is 30.6 Å². The van der Waals surface area contributed by atoms with E-state index >= 15 is 0 Å². The molecule has 3 fully saturated rings. The molecule has 1 aromatic rings. The molecule has 1 saturated carbocycles. The molecule has 3 aliphatic rings. The summed E-state index contributed by atoms with van der Waals surface area (Å²) in [5.41, 5.74) is 1.25. The lowest BCUT2D eigenvalue weighted by Gasteiger charge is -2.34. The van der Waals surface area contributed by atoms with Crippen molar-refractivity contribution in [1.82, 2.24) is 9.21 Å². The fourth-order valence-electron chi connectivity index (χ4n) is 4.98. The van der Waals surface area contributed by atoms with Crippen LogP contribution < -0.4 is 0 Å². The van der Waals surface area contributed by atoms with Crippen molar-refractivity contribution in [3.05, 3.63) is 29.8 Å². The molecule has 1 amide bonds. The van der Waals surface area contributed by atoms with E-state index in [1.54, 1.807) is 17.0 Å². The van der Waals surface area contributed by atoms with Crippen molar-refractivity contribution in [3.63, 3.8) is 0 Å². The van der Waals surface area contributed by atoms with Crippen molar-refractivity contribution in [2.75, 3.05) is 46.0 Å². The summed E-state index contributed by atoms with van der Waals surface area (Å²) in [7, 11) is -3.53. The van der Waals surface area contributed by atoms with E-state index in [0.717, 1.165) is 19.4 Å². The molecule has 8 heteroatoms. The molecule has 0 aromatic heterocycles. The van der Waals surface area contributed by atoms with E-state index in [1.807, 2.05) is 12.1 Å². The van der Waals surface area contributed by atoms with Crippen LogP contribution in [0.25, 0.3) is 0 Å². The van der Waals surface area contributed by atoms with E-state index < -0.39 is 10.0 Å². The monoisotopic (exact) mass is 464 g/mol. The number of piperazine rings is 1. The molecule has 2 heterocycles. The van der Waals surface area contributed by atoms with Gasteiger partial charge in [0.25, 0.3) is 0 Å². The van der Waals surface area contributed by atoms with E-state index in [-0.39, 0.29) is 12.0 Å². The number of sulfonamides is 1. The van der Waals surface area contributed by atoms with Crippen molar-refractivity contribution in [2.45, 2.75) is 68.3 Å². The normalized spacial score (nSPS) is 23.5. The lowest BCUT2D eigenvalue weighted by atomic mass is 9.84. The van der Waals surface area contributed by atoms with Crippen molar-refractivity contribution in [3.8, 4) is 0 Å². The lowest BCUT2D eigenvalue weighted by Crippen LogP contribution is -2.50. The second kappa shape index (κ2) is 11.1. The first-order valence-corrected chi connectivity index (χ1v) is 13.6. The molecule has 0 radical (unpaired) electrons. The highest BCUT2D eigenvalue weighted by molar-refractivity contribution is 7.89. The highest BCUT2D eigenvalue weighted by Gasteiger charge is 2.30. The minimum atomic E-state index is -3.53. The van der Waals surface area contributed by atoms with Gasteiger partial charge in [-0.3, -0.25) is 4.79 Å². The summed E-state index contributed by atoms with van der Waals surface area (Å²) in [5.74, 6) is 0.580. The molecule has 2 saturated heterocycles. The van der Waals surface area contributed by atoms with Crippen LogP contribution in [0.3, 0.4) is 0 Å². The van der Waals surface area contributed by atoms with Gasteiger partial charge in [-0.15, -0.1) is 0 Å². The van der Waals surface area contributed by atoms with E-state index in [0.29, 0.717) is 56.6 Å². The van der Waals surface area contributed by atoms with E-state index in [2.05, 4.69) is 0 Å². The first kappa shape index (κ1) is 23.7. The molecule has 2 aliphatic heterocycles. The minimum Gasteiger partial charge on any atom is -0.378 e. The Balaban J connectivity index is 1.23. The smallest absolute Gasteiger partial charge is 0.243 e. The third-order valence-electron chi connectivity index (χ3n) is 6.97. The summed E-state index contributed by atoms with van der Waals surface area (Å²) in [6, 6.07) is 7.48. The number of benzene rings is 1. The molecule has 4 rings (SSSR count). The van der Waals surface area contributed by atoms with Crippen molar-refractivity contribution in [1.29, 1.82) is 0 Å². The Labute approximate surface area is 192 Å². The average molecular weight is 465 g/mol. The van der Waals surface area contributed by atoms with Gasteiger partial charge in [-0.25, -0.2) is 8.42 Å². The molecule has 1 atom stereocenters. The summed E-state index contributed by atoms with van der Waals surface area (Å²) in [4.78, 5) is 14.5. The van der Waals surface area contributed by atoms with Crippen molar-refractivity contribution >= 4 is 15.9 Å². The van der Waals surface area contributed by atoms with Crippen LogP contribution in [0.4, 0.5) is 0 Å². The fraction of sp³-hybridized carbons (Fsp3) is 0.708. The first-order valence-electron chi connectivity index (χ1n) is 12.1. The van der Waals surface area contributed by atoms with E-state index in [1.165, 1.54) is 42.0 Å². The van der Waals surface area contributed by atoms with Gasteiger partial charge in [-0.1, -0.05) is 31.4 Å². The summed E-state index contributed by atoms with van der Waals surface area (Å²) in [6.45, 7) is 3.21. The highest BCUT2D eigenvalue weighted by Crippen LogP contribution is 2.33. The van der Waals surface area contributed by atoms with Gasteiger partial charge in [0.1, 0.15) is 0 Å². The quantitative estimate of drug-likeness (QED) is 0.553. The molecular formula is C24H36N2O5S.